The van der Waals surface area contributed by atoms with Crippen molar-refractivity contribution in [2.45, 2.75) is 64.7 Å². The molecule has 1 heterocycles. The van der Waals surface area contributed by atoms with Crippen molar-refractivity contribution in [1.29, 1.82) is 0 Å². The zero-order valence-corrected chi connectivity index (χ0v) is 12.7. The molecule has 1 fully saturated rings. The van der Waals surface area contributed by atoms with Crippen molar-refractivity contribution in [3.63, 3.8) is 0 Å². The van der Waals surface area contributed by atoms with E-state index in [4.69, 9.17) is 0 Å². The van der Waals surface area contributed by atoms with Crippen molar-refractivity contribution in [2.75, 3.05) is 0 Å². The van der Waals surface area contributed by atoms with Crippen LogP contribution in [0.5, 0.6) is 0 Å². The molecule has 1 aliphatic rings. The van der Waals surface area contributed by atoms with Crippen LogP contribution >= 0.6 is 11.3 Å². The molecule has 2 nitrogen and oxygen atoms in total. The molecule has 1 aromatic rings. The zero-order chi connectivity index (χ0) is 14.8. The van der Waals surface area contributed by atoms with Crippen LogP contribution in [0.15, 0.2) is 0 Å². The second-order valence-electron chi connectivity index (χ2n) is 5.85. The number of hydrogen-bond donors (Lipinski definition) is 1. The molecule has 0 atom stereocenters. The van der Waals surface area contributed by atoms with Gasteiger partial charge in [-0.1, -0.05) is 13.8 Å². The molecule has 0 radical (unpaired) electrons. The van der Waals surface area contributed by atoms with Crippen LogP contribution < -0.4 is 5.32 Å². The Labute approximate surface area is 121 Å². The zero-order valence-electron chi connectivity index (χ0n) is 11.9. The number of halogens is 3. The van der Waals surface area contributed by atoms with Crippen molar-refractivity contribution in [1.82, 2.24) is 10.3 Å². The normalized spacial score (nSPS) is 16.1. The quantitative estimate of drug-likeness (QED) is 0.821. The van der Waals surface area contributed by atoms with Crippen LogP contribution in [0.2, 0.25) is 0 Å². The fourth-order valence-electron chi connectivity index (χ4n) is 2.00. The van der Waals surface area contributed by atoms with E-state index < -0.39 is 12.6 Å². The number of aryl methyl sites for hydroxylation is 1. The van der Waals surface area contributed by atoms with Gasteiger partial charge in [-0.2, -0.15) is 13.2 Å². The lowest BCUT2D eigenvalue weighted by atomic mass is 10.1. The lowest BCUT2D eigenvalue weighted by Crippen LogP contribution is -2.15. The highest BCUT2D eigenvalue weighted by Gasteiger charge is 2.28. The monoisotopic (exact) mass is 306 g/mol. The third kappa shape index (κ3) is 5.40. The maximum absolute atomic E-state index is 12.3. The number of nitrogens with zero attached hydrogens (tertiary/aromatic N) is 1. The topological polar surface area (TPSA) is 24.9 Å². The Balaban J connectivity index is 2.00. The fourth-order valence-corrected chi connectivity index (χ4v) is 3.05. The summed E-state index contributed by atoms with van der Waals surface area (Å²) in [5.41, 5.74) is 0.982. The molecule has 1 saturated carbocycles. The highest BCUT2D eigenvalue weighted by Crippen LogP contribution is 2.28. The number of thiazole rings is 1. The van der Waals surface area contributed by atoms with Crippen LogP contribution in [-0.2, 0) is 19.4 Å². The molecule has 0 unspecified atom stereocenters. The van der Waals surface area contributed by atoms with Crippen molar-refractivity contribution in [2.24, 2.45) is 5.92 Å². The molecule has 1 N–H and O–H groups in total. The molecule has 1 aromatic heterocycles. The minimum Gasteiger partial charge on any atom is -0.309 e. The van der Waals surface area contributed by atoms with Gasteiger partial charge < -0.3 is 5.32 Å². The minimum atomic E-state index is -4.10. The first-order valence-corrected chi connectivity index (χ1v) is 7.92. The fraction of sp³-hybridized carbons (Fsp3) is 0.786. The van der Waals surface area contributed by atoms with E-state index in [0.717, 1.165) is 23.5 Å². The van der Waals surface area contributed by atoms with Gasteiger partial charge in [-0.15, -0.1) is 11.3 Å². The van der Waals surface area contributed by atoms with E-state index in [1.807, 2.05) is 0 Å². The summed E-state index contributed by atoms with van der Waals surface area (Å²) in [6, 6.07) is 0.600. The Morgan fingerprint density at radius 3 is 2.60 bits per heavy atom. The predicted molar refractivity (Wildman–Crippen MR) is 74.9 cm³/mol. The molecule has 114 valence electrons. The van der Waals surface area contributed by atoms with E-state index in [0.29, 0.717) is 17.0 Å². The molecular formula is C14H21F3N2S. The number of rotatable bonds is 7. The van der Waals surface area contributed by atoms with Gasteiger partial charge in [0.25, 0.3) is 0 Å². The largest absolute Gasteiger partial charge is 0.389 e. The molecule has 0 aromatic carbocycles. The van der Waals surface area contributed by atoms with E-state index in [-0.39, 0.29) is 6.42 Å². The second-order valence-corrected chi connectivity index (χ2v) is 7.01. The first-order chi connectivity index (χ1) is 9.33. The van der Waals surface area contributed by atoms with Gasteiger partial charge in [0.15, 0.2) is 0 Å². The Kier molecular flexibility index (Phi) is 5.07. The van der Waals surface area contributed by atoms with Crippen molar-refractivity contribution in [3.05, 3.63) is 15.6 Å². The Bertz CT molecular complexity index is 436. The van der Waals surface area contributed by atoms with Crippen LogP contribution in [0.4, 0.5) is 13.2 Å². The molecule has 0 aliphatic heterocycles. The highest BCUT2D eigenvalue weighted by atomic mass is 32.1. The molecule has 2 rings (SSSR count). The van der Waals surface area contributed by atoms with E-state index in [1.165, 1.54) is 24.2 Å². The van der Waals surface area contributed by atoms with Gasteiger partial charge in [0.1, 0.15) is 0 Å². The summed E-state index contributed by atoms with van der Waals surface area (Å²) in [5.74, 6) is 0.465. The number of hydrogen-bond acceptors (Lipinski definition) is 3. The Morgan fingerprint density at radius 2 is 2.05 bits per heavy atom. The van der Waals surface area contributed by atoms with Gasteiger partial charge in [0.2, 0.25) is 0 Å². The molecule has 1 aliphatic carbocycles. The Hall–Kier alpha value is -0.620. The van der Waals surface area contributed by atoms with Crippen LogP contribution in [0, 0.1) is 5.92 Å². The van der Waals surface area contributed by atoms with E-state index >= 15 is 0 Å². The van der Waals surface area contributed by atoms with Crippen LogP contribution in [0.1, 0.15) is 48.7 Å². The van der Waals surface area contributed by atoms with Crippen LogP contribution in [-0.4, -0.2) is 17.2 Å². The third-order valence-corrected chi connectivity index (χ3v) is 4.33. The summed E-state index contributed by atoms with van der Waals surface area (Å²) in [5, 5.41) is 4.04. The molecule has 0 saturated heterocycles. The molecular weight excluding hydrogens is 285 g/mol. The second kappa shape index (κ2) is 6.43. The van der Waals surface area contributed by atoms with Gasteiger partial charge in [-0.05, 0) is 25.2 Å². The molecule has 20 heavy (non-hydrogen) atoms. The van der Waals surface area contributed by atoms with Gasteiger partial charge in [0.05, 0.1) is 10.7 Å². The third-order valence-electron chi connectivity index (χ3n) is 3.18. The standard InChI is InChI=1S/C14H21F3N2S/c1-9(2)7-11-12(8-18-10-3-4-10)20-13(19-11)5-6-14(15,16)17/h9-10,18H,3-8H2,1-2H3. The van der Waals surface area contributed by atoms with Gasteiger partial charge in [-0.3, -0.25) is 0 Å². The first-order valence-electron chi connectivity index (χ1n) is 7.11. The molecule has 0 bridgehead atoms. The summed E-state index contributed by atoms with van der Waals surface area (Å²) in [4.78, 5) is 5.54. The van der Waals surface area contributed by atoms with Crippen molar-refractivity contribution < 1.29 is 13.2 Å². The smallest absolute Gasteiger partial charge is 0.309 e. The highest BCUT2D eigenvalue weighted by molar-refractivity contribution is 7.11. The van der Waals surface area contributed by atoms with E-state index in [2.05, 4.69) is 24.1 Å². The summed E-state index contributed by atoms with van der Waals surface area (Å²) < 4.78 is 36.9. The minimum absolute atomic E-state index is 0.00267. The maximum Gasteiger partial charge on any atom is 0.389 e. The average Bonchev–Trinajstić information content (AvgIpc) is 3.06. The van der Waals surface area contributed by atoms with Crippen molar-refractivity contribution >= 4 is 11.3 Å². The average molecular weight is 306 g/mol. The Morgan fingerprint density at radius 1 is 1.35 bits per heavy atom. The summed E-state index contributed by atoms with van der Waals surface area (Å²) in [6.45, 7) is 4.95. The van der Waals surface area contributed by atoms with E-state index in [1.54, 1.807) is 0 Å². The van der Waals surface area contributed by atoms with Gasteiger partial charge in [0, 0.05) is 30.3 Å². The summed E-state index contributed by atoms with van der Waals surface area (Å²) in [6.07, 6.45) is -1.63. The molecule has 0 amide bonds. The van der Waals surface area contributed by atoms with Gasteiger partial charge in [-0.25, -0.2) is 4.98 Å². The predicted octanol–water partition coefficient (Wildman–Crippen LogP) is 4.09. The van der Waals surface area contributed by atoms with Crippen LogP contribution in [0.25, 0.3) is 0 Å². The van der Waals surface area contributed by atoms with Gasteiger partial charge >= 0.3 is 6.18 Å². The maximum atomic E-state index is 12.3. The number of alkyl halides is 3. The van der Waals surface area contributed by atoms with Crippen molar-refractivity contribution in [3.8, 4) is 0 Å². The lowest BCUT2D eigenvalue weighted by Gasteiger charge is -2.05. The summed E-state index contributed by atoms with van der Waals surface area (Å²) in [7, 11) is 0. The summed E-state index contributed by atoms with van der Waals surface area (Å²) >= 11 is 1.44. The number of aromatic nitrogens is 1. The SMILES string of the molecule is CC(C)Cc1nc(CCC(F)(F)F)sc1CNC1CC1. The first kappa shape index (κ1) is 15.8. The lowest BCUT2D eigenvalue weighted by molar-refractivity contribution is -0.134. The van der Waals surface area contributed by atoms with E-state index in [9.17, 15) is 13.2 Å². The molecule has 6 heteroatoms. The van der Waals surface area contributed by atoms with Crippen LogP contribution in [0.3, 0.4) is 0 Å². The molecule has 0 spiro atoms. The number of nitrogens with one attached hydrogen (secondary N) is 1.